The zero-order chi connectivity index (χ0) is 13.9. The normalized spacial score (nSPS) is 16.2. The third-order valence-corrected chi connectivity index (χ3v) is 5.72. The van der Waals surface area contributed by atoms with Gasteiger partial charge in [0.1, 0.15) is 0 Å². The van der Waals surface area contributed by atoms with Crippen LogP contribution in [0.4, 0.5) is 0 Å². The van der Waals surface area contributed by atoms with Crippen molar-refractivity contribution >= 4 is 20.0 Å². The van der Waals surface area contributed by atoms with Crippen molar-refractivity contribution < 1.29 is 19.1 Å². The summed E-state index contributed by atoms with van der Waals surface area (Å²) in [5.41, 5.74) is 1.27. The first-order chi connectivity index (χ1) is 8.31. The summed E-state index contributed by atoms with van der Waals surface area (Å²) >= 11 is 0. The van der Waals surface area contributed by atoms with Gasteiger partial charge in [-0.2, -0.15) is 0 Å². The molecule has 0 amide bonds. The zero-order valence-electron chi connectivity index (χ0n) is 11.8. The van der Waals surface area contributed by atoms with Crippen molar-refractivity contribution in [1.29, 1.82) is 0 Å². The molecular formula is C13H22O4Si. The average Bonchev–Trinajstić information content (AvgIpc) is 3.09. The van der Waals surface area contributed by atoms with Gasteiger partial charge in [-0.3, -0.25) is 9.59 Å². The van der Waals surface area contributed by atoms with Crippen LogP contribution in [0.3, 0.4) is 0 Å². The van der Waals surface area contributed by atoms with E-state index >= 15 is 0 Å². The third kappa shape index (κ3) is 3.70. The fraction of sp³-hybridized carbons (Fsp3) is 0.692. The maximum absolute atomic E-state index is 11.9. The van der Waals surface area contributed by atoms with Crippen LogP contribution in [-0.2, 0) is 19.1 Å². The maximum atomic E-state index is 11.9. The number of allylic oxidation sites excluding steroid dienone is 2. The van der Waals surface area contributed by atoms with Crippen molar-refractivity contribution in [3.8, 4) is 0 Å². The number of hydrogen-bond acceptors (Lipinski definition) is 4. The highest BCUT2D eigenvalue weighted by molar-refractivity contribution is 6.78. The lowest BCUT2D eigenvalue weighted by molar-refractivity contribution is -0.158. The van der Waals surface area contributed by atoms with Crippen LogP contribution >= 0.6 is 0 Å². The van der Waals surface area contributed by atoms with Crippen molar-refractivity contribution in [1.82, 2.24) is 0 Å². The molecule has 0 aliphatic heterocycles. The van der Waals surface area contributed by atoms with E-state index in [-0.39, 0.29) is 5.54 Å². The molecule has 0 bridgehead atoms. The third-order valence-electron chi connectivity index (χ3n) is 3.22. The van der Waals surface area contributed by atoms with Gasteiger partial charge >= 0.3 is 11.9 Å². The SMILES string of the molecule is COC(=O)C(C(=O)OC)C(C=C1CC1)[Si](C)(C)C. The quantitative estimate of drug-likeness (QED) is 0.333. The number of ether oxygens (including phenoxy) is 2. The summed E-state index contributed by atoms with van der Waals surface area (Å²) < 4.78 is 9.53. The molecule has 18 heavy (non-hydrogen) atoms. The van der Waals surface area contributed by atoms with Gasteiger partial charge in [-0.15, -0.1) is 0 Å². The largest absolute Gasteiger partial charge is 0.468 e. The number of carbonyl (C=O) groups excluding carboxylic acids is 2. The molecule has 1 fully saturated rings. The fourth-order valence-corrected chi connectivity index (χ4v) is 3.99. The van der Waals surface area contributed by atoms with Gasteiger partial charge in [0, 0.05) is 0 Å². The molecule has 0 saturated heterocycles. The Bertz CT molecular complexity index is 346. The van der Waals surface area contributed by atoms with E-state index in [1.807, 2.05) is 0 Å². The van der Waals surface area contributed by atoms with Crippen LogP contribution in [0.2, 0.25) is 25.2 Å². The van der Waals surface area contributed by atoms with E-state index < -0.39 is 25.9 Å². The van der Waals surface area contributed by atoms with Crippen LogP contribution in [0.15, 0.2) is 11.6 Å². The lowest BCUT2D eigenvalue weighted by Crippen LogP contribution is -2.40. The van der Waals surface area contributed by atoms with E-state index in [1.54, 1.807) is 0 Å². The summed E-state index contributed by atoms with van der Waals surface area (Å²) in [4.78, 5) is 23.7. The van der Waals surface area contributed by atoms with Crippen LogP contribution in [-0.4, -0.2) is 34.2 Å². The standard InChI is InChI=1S/C13H22O4Si/c1-16-12(14)11(13(15)17-2)10(18(3,4)5)8-9-6-7-9/h8,10-11H,6-7H2,1-5H3. The molecule has 0 heterocycles. The molecule has 0 aromatic heterocycles. The zero-order valence-corrected chi connectivity index (χ0v) is 12.8. The molecule has 1 atom stereocenters. The van der Waals surface area contributed by atoms with Crippen LogP contribution in [0.1, 0.15) is 12.8 Å². The molecule has 1 unspecified atom stereocenters. The molecule has 1 aliphatic rings. The predicted molar refractivity (Wildman–Crippen MR) is 71.9 cm³/mol. The van der Waals surface area contributed by atoms with Crippen LogP contribution in [0, 0.1) is 5.92 Å². The first-order valence-corrected chi connectivity index (χ1v) is 9.74. The van der Waals surface area contributed by atoms with Crippen molar-refractivity contribution in [2.75, 3.05) is 14.2 Å². The highest BCUT2D eigenvalue weighted by atomic mass is 28.3. The number of rotatable bonds is 5. The summed E-state index contributed by atoms with van der Waals surface area (Å²) in [5.74, 6) is -1.81. The number of methoxy groups -OCH3 is 2. The van der Waals surface area contributed by atoms with E-state index in [4.69, 9.17) is 9.47 Å². The lowest BCUT2D eigenvalue weighted by Gasteiger charge is -2.30. The van der Waals surface area contributed by atoms with Crippen molar-refractivity contribution in [3.63, 3.8) is 0 Å². The Kier molecular flexibility index (Phi) is 4.73. The second kappa shape index (κ2) is 5.69. The molecular weight excluding hydrogens is 248 g/mol. The van der Waals surface area contributed by atoms with E-state index in [0.29, 0.717) is 0 Å². The Morgan fingerprint density at radius 2 is 1.56 bits per heavy atom. The molecule has 1 saturated carbocycles. The maximum Gasteiger partial charge on any atom is 0.320 e. The van der Waals surface area contributed by atoms with Gasteiger partial charge in [-0.1, -0.05) is 31.3 Å². The summed E-state index contributed by atoms with van der Waals surface area (Å²) in [7, 11) is 0.910. The minimum atomic E-state index is -1.71. The Balaban J connectivity index is 3.07. The fourth-order valence-electron chi connectivity index (χ4n) is 1.98. The number of esters is 2. The van der Waals surface area contributed by atoms with Gasteiger partial charge in [-0.25, -0.2) is 0 Å². The minimum absolute atomic E-state index is 0.0603. The molecule has 5 heteroatoms. The second-order valence-corrected chi connectivity index (χ2v) is 11.1. The van der Waals surface area contributed by atoms with Gasteiger partial charge < -0.3 is 9.47 Å². The average molecular weight is 270 g/mol. The molecule has 0 radical (unpaired) electrons. The number of hydrogen-bond donors (Lipinski definition) is 0. The predicted octanol–water partition coefficient (Wildman–Crippen LogP) is 2.38. The topological polar surface area (TPSA) is 52.6 Å². The number of carbonyl (C=O) groups is 2. The van der Waals surface area contributed by atoms with E-state index in [0.717, 1.165) is 12.8 Å². The van der Waals surface area contributed by atoms with E-state index in [2.05, 4.69) is 25.7 Å². The van der Waals surface area contributed by atoms with Gasteiger partial charge in [0.25, 0.3) is 0 Å². The smallest absolute Gasteiger partial charge is 0.320 e. The summed E-state index contributed by atoms with van der Waals surface area (Å²) in [6.07, 6.45) is 4.26. The van der Waals surface area contributed by atoms with Crippen LogP contribution < -0.4 is 0 Å². The molecule has 0 N–H and O–H groups in total. The van der Waals surface area contributed by atoms with Crippen LogP contribution in [0.25, 0.3) is 0 Å². The molecule has 102 valence electrons. The monoisotopic (exact) mass is 270 g/mol. The first kappa shape index (κ1) is 15.0. The minimum Gasteiger partial charge on any atom is -0.468 e. The summed E-state index contributed by atoms with van der Waals surface area (Å²) in [5, 5.41) is 0. The molecule has 1 aliphatic carbocycles. The molecule has 1 rings (SSSR count). The lowest BCUT2D eigenvalue weighted by atomic mass is 10.0. The summed E-state index contributed by atoms with van der Waals surface area (Å²) in [6, 6.07) is 0. The van der Waals surface area contributed by atoms with Crippen molar-refractivity contribution in [2.45, 2.75) is 38.0 Å². The molecule has 0 spiro atoms. The Labute approximate surface area is 109 Å². The van der Waals surface area contributed by atoms with Gasteiger partial charge in [-0.05, 0) is 18.4 Å². The Hall–Kier alpha value is -1.10. The summed E-state index contributed by atoms with van der Waals surface area (Å²) in [6.45, 7) is 6.45. The molecule has 0 aromatic rings. The Morgan fingerprint density at radius 3 is 1.83 bits per heavy atom. The first-order valence-electron chi connectivity index (χ1n) is 6.16. The molecule has 0 aromatic carbocycles. The highest BCUT2D eigenvalue weighted by Crippen LogP contribution is 2.39. The molecule has 4 nitrogen and oxygen atoms in total. The van der Waals surface area contributed by atoms with Crippen molar-refractivity contribution in [3.05, 3.63) is 11.6 Å². The van der Waals surface area contributed by atoms with Crippen molar-refractivity contribution in [2.24, 2.45) is 5.92 Å². The van der Waals surface area contributed by atoms with Crippen LogP contribution in [0.5, 0.6) is 0 Å². The van der Waals surface area contributed by atoms with E-state index in [9.17, 15) is 9.59 Å². The second-order valence-electron chi connectivity index (χ2n) is 5.74. The van der Waals surface area contributed by atoms with E-state index in [1.165, 1.54) is 19.8 Å². The Morgan fingerprint density at radius 1 is 1.11 bits per heavy atom. The highest BCUT2D eigenvalue weighted by Gasteiger charge is 2.43. The van der Waals surface area contributed by atoms with Gasteiger partial charge in [0.05, 0.1) is 22.3 Å². The van der Waals surface area contributed by atoms with Gasteiger partial charge in [0.15, 0.2) is 5.92 Å². The van der Waals surface area contributed by atoms with Gasteiger partial charge in [0.2, 0.25) is 0 Å².